The molecular formula is C11H16F3N3. The molecule has 1 N–H and O–H groups in total. The number of nitrogens with one attached hydrogen (secondary N) is 1. The van der Waals surface area contributed by atoms with Gasteiger partial charge in [0.1, 0.15) is 5.82 Å². The maximum atomic E-state index is 12.2. The third-order valence-corrected chi connectivity index (χ3v) is 2.12. The minimum Gasteiger partial charge on any atom is -0.370 e. The molecule has 0 aliphatic carbocycles. The Balaban J connectivity index is 2.67. The molecule has 0 saturated heterocycles. The van der Waals surface area contributed by atoms with E-state index in [2.05, 4.69) is 10.3 Å². The van der Waals surface area contributed by atoms with Crippen molar-refractivity contribution in [2.45, 2.75) is 19.6 Å². The molecule has 6 heteroatoms. The molecule has 1 rings (SSSR count). The number of nitrogens with zero attached hydrogens (tertiary/aromatic N) is 2. The van der Waals surface area contributed by atoms with Crippen LogP contribution in [0.1, 0.15) is 12.5 Å². The van der Waals surface area contributed by atoms with Gasteiger partial charge in [-0.2, -0.15) is 13.2 Å². The summed E-state index contributed by atoms with van der Waals surface area (Å²) in [6.07, 6.45) is -2.56. The molecule has 0 aliphatic heterocycles. The van der Waals surface area contributed by atoms with Gasteiger partial charge in [-0.3, -0.25) is 4.90 Å². The number of anilines is 1. The molecule has 0 radical (unpaired) electrons. The van der Waals surface area contributed by atoms with E-state index in [1.165, 1.54) is 11.9 Å². The molecule has 0 amide bonds. The standard InChI is InChI=1S/C11H16F3N3/c1-3-15-10-9(5-4-6-16-10)7-17(2)8-11(12,13)14/h4-6H,3,7-8H2,1-2H3,(H,15,16). The average Bonchev–Trinajstić information content (AvgIpc) is 2.18. The maximum Gasteiger partial charge on any atom is 0.401 e. The van der Waals surface area contributed by atoms with E-state index in [1.54, 1.807) is 18.3 Å². The van der Waals surface area contributed by atoms with Crippen molar-refractivity contribution in [3.8, 4) is 0 Å². The maximum absolute atomic E-state index is 12.2. The second kappa shape index (κ2) is 5.86. The van der Waals surface area contributed by atoms with Crippen LogP contribution in [-0.4, -0.2) is 36.2 Å². The fourth-order valence-corrected chi connectivity index (χ4v) is 1.55. The highest BCUT2D eigenvalue weighted by atomic mass is 19.4. The quantitative estimate of drug-likeness (QED) is 0.866. The van der Waals surface area contributed by atoms with Gasteiger partial charge in [-0.25, -0.2) is 4.98 Å². The molecule has 0 spiro atoms. The molecule has 1 heterocycles. The first kappa shape index (κ1) is 13.8. The Morgan fingerprint density at radius 2 is 2.12 bits per heavy atom. The normalized spacial score (nSPS) is 11.9. The smallest absolute Gasteiger partial charge is 0.370 e. The van der Waals surface area contributed by atoms with E-state index < -0.39 is 12.7 Å². The second-order valence-electron chi connectivity index (χ2n) is 3.83. The van der Waals surface area contributed by atoms with Crippen LogP contribution < -0.4 is 5.32 Å². The summed E-state index contributed by atoms with van der Waals surface area (Å²) in [6, 6.07) is 3.50. The molecular weight excluding hydrogens is 231 g/mol. The summed E-state index contributed by atoms with van der Waals surface area (Å²) in [5.41, 5.74) is 0.765. The van der Waals surface area contributed by atoms with Crippen molar-refractivity contribution < 1.29 is 13.2 Å². The van der Waals surface area contributed by atoms with Crippen molar-refractivity contribution in [3.05, 3.63) is 23.9 Å². The third-order valence-electron chi connectivity index (χ3n) is 2.12. The summed E-state index contributed by atoms with van der Waals surface area (Å²) in [4.78, 5) is 5.32. The van der Waals surface area contributed by atoms with Gasteiger partial charge in [0.2, 0.25) is 0 Å². The number of pyridine rings is 1. The predicted molar refractivity (Wildman–Crippen MR) is 60.8 cm³/mol. The fraction of sp³-hybridized carbons (Fsp3) is 0.545. The molecule has 0 atom stereocenters. The van der Waals surface area contributed by atoms with Gasteiger partial charge < -0.3 is 5.32 Å². The van der Waals surface area contributed by atoms with Crippen LogP contribution in [0, 0.1) is 0 Å². The molecule has 3 nitrogen and oxygen atoms in total. The highest BCUT2D eigenvalue weighted by molar-refractivity contribution is 5.43. The Kier molecular flexibility index (Phi) is 4.74. The summed E-state index contributed by atoms with van der Waals surface area (Å²) in [5.74, 6) is 0.643. The Hall–Kier alpha value is -1.30. The van der Waals surface area contributed by atoms with Gasteiger partial charge in [-0.1, -0.05) is 6.07 Å². The third kappa shape index (κ3) is 5.04. The summed E-state index contributed by atoms with van der Waals surface area (Å²) in [7, 11) is 1.44. The molecule has 0 aromatic carbocycles. The zero-order valence-electron chi connectivity index (χ0n) is 9.88. The second-order valence-corrected chi connectivity index (χ2v) is 3.83. The van der Waals surface area contributed by atoms with Crippen molar-refractivity contribution in [2.24, 2.45) is 0 Å². The lowest BCUT2D eigenvalue weighted by atomic mass is 10.2. The molecule has 96 valence electrons. The van der Waals surface area contributed by atoms with E-state index in [-0.39, 0.29) is 6.54 Å². The lowest BCUT2D eigenvalue weighted by Crippen LogP contribution is -2.30. The van der Waals surface area contributed by atoms with Crippen LogP contribution in [-0.2, 0) is 6.54 Å². The van der Waals surface area contributed by atoms with Crippen molar-refractivity contribution in [2.75, 3.05) is 25.5 Å². The molecule has 1 aromatic rings. The SMILES string of the molecule is CCNc1ncccc1CN(C)CC(F)(F)F. The molecule has 0 bridgehead atoms. The summed E-state index contributed by atoms with van der Waals surface area (Å²) in [5, 5.41) is 3.03. The summed E-state index contributed by atoms with van der Waals surface area (Å²) in [6.45, 7) is 1.90. The monoisotopic (exact) mass is 247 g/mol. The average molecular weight is 247 g/mol. The lowest BCUT2D eigenvalue weighted by Gasteiger charge is -2.19. The Morgan fingerprint density at radius 3 is 2.71 bits per heavy atom. The number of hydrogen-bond acceptors (Lipinski definition) is 3. The van der Waals surface area contributed by atoms with Crippen LogP contribution >= 0.6 is 0 Å². The van der Waals surface area contributed by atoms with Crippen molar-refractivity contribution in [1.29, 1.82) is 0 Å². The number of halogens is 3. The minimum atomic E-state index is -4.17. The van der Waals surface area contributed by atoms with Gasteiger partial charge in [-0.15, -0.1) is 0 Å². The lowest BCUT2D eigenvalue weighted by molar-refractivity contribution is -0.144. The molecule has 0 saturated carbocycles. The number of alkyl halides is 3. The van der Waals surface area contributed by atoms with Gasteiger partial charge in [-0.05, 0) is 20.0 Å². The van der Waals surface area contributed by atoms with Crippen LogP contribution in [0.25, 0.3) is 0 Å². The van der Waals surface area contributed by atoms with Gasteiger partial charge in [0, 0.05) is 24.8 Å². The van der Waals surface area contributed by atoms with Crippen LogP contribution in [0.2, 0.25) is 0 Å². The zero-order valence-corrected chi connectivity index (χ0v) is 9.88. The number of rotatable bonds is 5. The Bertz CT molecular complexity index is 352. The van der Waals surface area contributed by atoms with Gasteiger partial charge >= 0.3 is 6.18 Å². The van der Waals surface area contributed by atoms with E-state index in [9.17, 15) is 13.2 Å². The first-order valence-corrected chi connectivity index (χ1v) is 5.35. The molecule has 17 heavy (non-hydrogen) atoms. The largest absolute Gasteiger partial charge is 0.401 e. The Morgan fingerprint density at radius 1 is 1.41 bits per heavy atom. The molecule has 0 aliphatic rings. The highest BCUT2D eigenvalue weighted by Crippen LogP contribution is 2.19. The van der Waals surface area contributed by atoms with E-state index in [1.807, 2.05) is 6.92 Å². The van der Waals surface area contributed by atoms with Gasteiger partial charge in [0.25, 0.3) is 0 Å². The number of aromatic nitrogens is 1. The fourth-order valence-electron chi connectivity index (χ4n) is 1.55. The summed E-state index contributed by atoms with van der Waals surface area (Å²) >= 11 is 0. The van der Waals surface area contributed by atoms with Crippen LogP contribution in [0.15, 0.2) is 18.3 Å². The van der Waals surface area contributed by atoms with E-state index in [0.29, 0.717) is 12.4 Å². The molecule has 0 unspecified atom stereocenters. The van der Waals surface area contributed by atoms with E-state index >= 15 is 0 Å². The van der Waals surface area contributed by atoms with Crippen LogP contribution in [0.5, 0.6) is 0 Å². The van der Waals surface area contributed by atoms with Crippen molar-refractivity contribution in [1.82, 2.24) is 9.88 Å². The zero-order chi connectivity index (χ0) is 12.9. The topological polar surface area (TPSA) is 28.2 Å². The van der Waals surface area contributed by atoms with E-state index in [0.717, 1.165) is 5.56 Å². The first-order chi connectivity index (χ1) is 7.92. The first-order valence-electron chi connectivity index (χ1n) is 5.35. The molecule has 0 fully saturated rings. The molecule has 1 aromatic heterocycles. The predicted octanol–water partition coefficient (Wildman–Crippen LogP) is 2.51. The summed E-state index contributed by atoms with van der Waals surface area (Å²) < 4.78 is 36.6. The van der Waals surface area contributed by atoms with Gasteiger partial charge in [0.05, 0.1) is 6.54 Å². The minimum absolute atomic E-state index is 0.218. The van der Waals surface area contributed by atoms with Crippen LogP contribution in [0.3, 0.4) is 0 Å². The highest BCUT2D eigenvalue weighted by Gasteiger charge is 2.29. The van der Waals surface area contributed by atoms with Crippen molar-refractivity contribution in [3.63, 3.8) is 0 Å². The van der Waals surface area contributed by atoms with Crippen LogP contribution in [0.4, 0.5) is 19.0 Å². The van der Waals surface area contributed by atoms with Gasteiger partial charge in [0.15, 0.2) is 0 Å². The van der Waals surface area contributed by atoms with E-state index in [4.69, 9.17) is 0 Å². The van der Waals surface area contributed by atoms with Crippen molar-refractivity contribution >= 4 is 5.82 Å². The number of hydrogen-bond donors (Lipinski definition) is 1. The Labute approximate surface area is 98.6 Å².